The van der Waals surface area contributed by atoms with Crippen molar-refractivity contribution in [3.63, 3.8) is 0 Å². The first-order chi connectivity index (χ1) is 4.33. The Bertz CT molecular complexity index is 206. The fourth-order valence-corrected chi connectivity index (χ4v) is 1.19. The molecule has 0 amide bonds. The maximum absolute atomic E-state index is 5.35. The SMILES string of the molecule is Nc1nc(C[C]=S)cs1. The second-order valence-corrected chi connectivity index (χ2v) is 2.68. The van der Waals surface area contributed by atoms with Crippen LogP contribution in [0.4, 0.5) is 5.13 Å². The van der Waals surface area contributed by atoms with E-state index in [9.17, 15) is 0 Å². The molecule has 0 bridgehead atoms. The highest BCUT2D eigenvalue weighted by Crippen LogP contribution is 2.10. The lowest BCUT2D eigenvalue weighted by molar-refractivity contribution is 1.22. The van der Waals surface area contributed by atoms with Gasteiger partial charge in [0.1, 0.15) is 0 Å². The Morgan fingerprint density at radius 2 is 2.67 bits per heavy atom. The Kier molecular flexibility index (Phi) is 2.13. The first-order valence-corrected chi connectivity index (χ1v) is 3.66. The molecule has 1 radical (unpaired) electrons. The minimum atomic E-state index is 0.593. The largest absolute Gasteiger partial charge is 0.375 e. The smallest absolute Gasteiger partial charge is 0.180 e. The first-order valence-electron chi connectivity index (χ1n) is 2.38. The zero-order valence-corrected chi connectivity index (χ0v) is 6.26. The van der Waals surface area contributed by atoms with Crippen LogP contribution in [0.25, 0.3) is 0 Å². The average molecular weight is 157 g/mol. The molecule has 2 N–H and O–H groups in total. The van der Waals surface area contributed by atoms with Crippen molar-refractivity contribution >= 4 is 34.1 Å². The monoisotopic (exact) mass is 157 g/mol. The van der Waals surface area contributed by atoms with Crippen LogP contribution in [-0.4, -0.2) is 10.4 Å². The molecule has 1 heterocycles. The van der Waals surface area contributed by atoms with E-state index in [-0.39, 0.29) is 0 Å². The highest BCUT2D eigenvalue weighted by Gasteiger charge is 1.94. The van der Waals surface area contributed by atoms with Gasteiger partial charge in [-0.05, 0) is 0 Å². The summed E-state index contributed by atoms with van der Waals surface area (Å²) in [5.74, 6) is 0. The standard InChI is InChI=1S/C5H5N2S2/c6-5-7-4(1-2-8)3-9-5/h3H,1H2,(H2,6,7). The van der Waals surface area contributed by atoms with Crippen molar-refractivity contribution in [3.8, 4) is 0 Å². The van der Waals surface area contributed by atoms with Gasteiger partial charge in [0, 0.05) is 17.2 Å². The van der Waals surface area contributed by atoms with Crippen LogP contribution in [0.1, 0.15) is 5.69 Å². The highest BCUT2D eigenvalue weighted by molar-refractivity contribution is 7.78. The van der Waals surface area contributed by atoms with Gasteiger partial charge in [-0.3, -0.25) is 0 Å². The quantitative estimate of drug-likeness (QED) is 0.654. The van der Waals surface area contributed by atoms with Crippen molar-refractivity contribution in [2.24, 2.45) is 0 Å². The van der Waals surface area contributed by atoms with Crippen LogP contribution < -0.4 is 5.73 Å². The van der Waals surface area contributed by atoms with Crippen molar-refractivity contribution < 1.29 is 0 Å². The van der Waals surface area contributed by atoms with E-state index >= 15 is 0 Å². The number of hydrogen-bond acceptors (Lipinski definition) is 4. The topological polar surface area (TPSA) is 38.9 Å². The molecule has 0 unspecified atom stereocenters. The van der Waals surface area contributed by atoms with Crippen LogP contribution in [-0.2, 0) is 6.42 Å². The normalized spacial score (nSPS) is 9.33. The zero-order valence-electron chi connectivity index (χ0n) is 4.63. The molecule has 1 aromatic rings. The number of anilines is 1. The summed E-state index contributed by atoms with van der Waals surface area (Å²) < 4.78 is 0. The van der Waals surface area contributed by atoms with Gasteiger partial charge in [0.05, 0.1) is 5.69 Å². The van der Waals surface area contributed by atoms with Crippen molar-refractivity contribution in [3.05, 3.63) is 11.1 Å². The Labute approximate surface area is 62.7 Å². The molecule has 1 aromatic heterocycles. The lowest BCUT2D eigenvalue weighted by Crippen LogP contribution is -1.86. The molecule has 0 atom stereocenters. The Hall–Kier alpha value is -0.480. The first kappa shape index (κ1) is 6.64. The molecule has 0 aliphatic carbocycles. The molecule has 0 aliphatic rings. The number of nitrogens with zero attached hydrogens (tertiary/aromatic N) is 1. The van der Waals surface area contributed by atoms with Crippen molar-refractivity contribution in [2.75, 3.05) is 5.73 Å². The van der Waals surface area contributed by atoms with Gasteiger partial charge < -0.3 is 5.73 Å². The predicted octanol–water partition coefficient (Wildman–Crippen LogP) is 1.14. The Morgan fingerprint density at radius 3 is 3.11 bits per heavy atom. The summed E-state index contributed by atoms with van der Waals surface area (Å²) >= 11 is 5.94. The maximum Gasteiger partial charge on any atom is 0.180 e. The summed E-state index contributed by atoms with van der Waals surface area (Å²) in [6, 6.07) is 0. The molecule has 1 rings (SSSR count). The van der Waals surface area contributed by atoms with Crippen LogP contribution in [0.3, 0.4) is 0 Å². The molecular formula is C5H5N2S2. The Balaban J connectivity index is 2.72. The van der Waals surface area contributed by atoms with E-state index in [1.807, 2.05) is 5.38 Å². The summed E-state index contributed by atoms with van der Waals surface area (Å²) in [6.07, 6.45) is 0.614. The van der Waals surface area contributed by atoms with Crippen LogP contribution in [0.15, 0.2) is 5.38 Å². The van der Waals surface area contributed by atoms with Gasteiger partial charge in [-0.1, -0.05) is 12.2 Å². The molecule has 0 aliphatic heterocycles. The molecule has 47 valence electrons. The van der Waals surface area contributed by atoms with E-state index in [0.29, 0.717) is 11.6 Å². The van der Waals surface area contributed by atoms with Gasteiger partial charge in [0.15, 0.2) is 5.13 Å². The van der Waals surface area contributed by atoms with Crippen molar-refractivity contribution in [1.82, 2.24) is 4.98 Å². The molecule has 0 spiro atoms. The van der Waals surface area contributed by atoms with Gasteiger partial charge in [-0.2, -0.15) is 0 Å². The third-order valence-corrected chi connectivity index (χ3v) is 1.69. The lowest BCUT2D eigenvalue weighted by atomic mass is 10.4. The van der Waals surface area contributed by atoms with Gasteiger partial charge in [0.25, 0.3) is 0 Å². The predicted molar refractivity (Wildman–Crippen MR) is 42.8 cm³/mol. The van der Waals surface area contributed by atoms with E-state index in [1.54, 1.807) is 0 Å². The third-order valence-electron chi connectivity index (χ3n) is 0.823. The van der Waals surface area contributed by atoms with Gasteiger partial charge >= 0.3 is 0 Å². The second-order valence-electron chi connectivity index (χ2n) is 1.50. The van der Waals surface area contributed by atoms with Gasteiger partial charge in [-0.15, -0.1) is 11.3 Å². The Morgan fingerprint density at radius 1 is 1.89 bits per heavy atom. The molecular weight excluding hydrogens is 152 g/mol. The summed E-state index contributed by atoms with van der Waals surface area (Å²) in [6.45, 7) is 0. The number of thiocarbonyl (C=S) groups is 1. The number of thiazole rings is 1. The fourth-order valence-electron chi connectivity index (χ4n) is 0.478. The van der Waals surface area contributed by atoms with E-state index in [2.05, 4.69) is 22.6 Å². The minimum absolute atomic E-state index is 0.593. The summed E-state index contributed by atoms with van der Waals surface area (Å²) in [5.41, 5.74) is 6.26. The average Bonchev–Trinajstić information content (AvgIpc) is 2.17. The van der Waals surface area contributed by atoms with E-state index < -0.39 is 0 Å². The maximum atomic E-state index is 5.35. The zero-order chi connectivity index (χ0) is 6.69. The van der Waals surface area contributed by atoms with E-state index in [4.69, 9.17) is 5.73 Å². The molecule has 4 heteroatoms. The van der Waals surface area contributed by atoms with Crippen LogP contribution >= 0.6 is 23.6 Å². The lowest BCUT2D eigenvalue weighted by Gasteiger charge is -1.80. The van der Waals surface area contributed by atoms with Gasteiger partial charge in [0.2, 0.25) is 0 Å². The van der Waals surface area contributed by atoms with Crippen LogP contribution in [0.2, 0.25) is 0 Å². The fraction of sp³-hybridized carbons (Fsp3) is 0.200. The van der Waals surface area contributed by atoms with Crippen molar-refractivity contribution in [1.29, 1.82) is 0 Å². The van der Waals surface area contributed by atoms with Crippen LogP contribution in [0, 0.1) is 0 Å². The molecule has 0 saturated carbocycles. The number of hydrogen-bond donors (Lipinski definition) is 1. The molecule has 9 heavy (non-hydrogen) atoms. The van der Waals surface area contributed by atoms with Crippen LogP contribution in [0.5, 0.6) is 0 Å². The summed E-state index contributed by atoms with van der Waals surface area (Å²) in [7, 11) is 0. The molecule has 2 nitrogen and oxygen atoms in total. The number of nitrogens with two attached hydrogens (primary N) is 1. The molecule has 0 saturated heterocycles. The number of nitrogen functional groups attached to an aromatic ring is 1. The van der Waals surface area contributed by atoms with E-state index in [1.165, 1.54) is 11.3 Å². The molecule has 0 fully saturated rings. The molecule has 0 aromatic carbocycles. The number of rotatable bonds is 2. The van der Waals surface area contributed by atoms with Crippen molar-refractivity contribution in [2.45, 2.75) is 6.42 Å². The summed E-state index contributed by atoms with van der Waals surface area (Å²) in [4.78, 5) is 3.97. The minimum Gasteiger partial charge on any atom is -0.375 e. The van der Waals surface area contributed by atoms with Gasteiger partial charge in [-0.25, -0.2) is 4.98 Å². The van der Waals surface area contributed by atoms with E-state index in [0.717, 1.165) is 5.69 Å². The number of aromatic nitrogens is 1. The second kappa shape index (κ2) is 2.89. The highest BCUT2D eigenvalue weighted by atomic mass is 32.1. The third kappa shape index (κ3) is 1.73. The summed E-state index contributed by atoms with van der Waals surface area (Å²) in [5, 5.41) is 5.05.